The van der Waals surface area contributed by atoms with Crippen molar-refractivity contribution in [3.8, 4) is 0 Å². The minimum absolute atomic E-state index is 0.177. The van der Waals surface area contributed by atoms with Gasteiger partial charge in [0.15, 0.2) is 12.4 Å². The summed E-state index contributed by atoms with van der Waals surface area (Å²) in [5.74, 6) is -0.223. The summed E-state index contributed by atoms with van der Waals surface area (Å²) in [6, 6.07) is 20.6. The maximum Gasteiger partial charge on any atom is 0.305 e. The standard InChI is InChI=1S/C22H17Cl2N3O/c23-19-11-7-10-18(22(19)24)12-13-20(17-8-3-1-4-9-17)25-26-21(28)16-27-14-5-2-6-15-27/h1-15H,16H2/p+1/b13-12+,25-20-. The van der Waals surface area contributed by atoms with Gasteiger partial charge >= 0.3 is 5.91 Å². The Hall–Kier alpha value is -2.95. The highest BCUT2D eigenvalue weighted by Gasteiger charge is 2.08. The molecule has 1 N–H and O–H groups in total. The van der Waals surface area contributed by atoms with Crippen molar-refractivity contribution in [2.45, 2.75) is 6.54 Å². The van der Waals surface area contributed by atoms with Crippen LogP contribution in [0, 0.1) is 0 Å². The van der Waals surface area contributed by atoms with Crippen LogP contribution in [0.2, 0.25) is 10.0 Å². The Morgan fingerprint density at radius 3 is 2.43 bits per heavy atom. The Labute approximate surface area is 173 Å². The number of carbonyl (C=O) groups is 1. The van der Waals surface area contributed by atoms with E-state index in [1.807, 2.05) is 79.1 Å². The molecule has 2 aromatic carbocycles. The van der Waals surface area contributed by atoms with Gasteiger partial charge in [0.1, 0.15) is 0 Å². The van der Waals surface area contributed by atoms with Crippen molar-refractivity contribution in [2.75, 3.05) is 0 Å². The lowest BCUT2D eigenvalue weighted by molar-refractivity contribution is -0.684. The molecule has 0 aliphatic heterocycles. The average Bonchev–Trinajstić information content (AvgIpc) is 2.72. The molecule has 0 unspecified atom stereocenters. The predicted molar refractivity (Wildman–Crippen MR) is 113 cm³/mol. The summed E-state index contributed by atoms with van der Waals surface area (Å²) in [5, 5.41) is 5.25. The Kier molecular flexibility index (Phi) is 6.95. The van der Waals surface area contributed by atoms with E-state index in [0.717, 1.165) is 11.1 Å². The number of amides is 1. The molecule has 3 rings (SSSR count). The number of nitrogens with zero attached hydrogens (tertiary/aromatic N) is 2. The first-order chi connectivity index (χ1) is 13.6. The molecule has 0 aliphatic rings. The maximum absolute atomic E-state index is 12.2. The van der Waals surface area contributed by atoms with E-state index in [0.29, 0.717) is 15.8 Å². The first-order valence-electron chi connectivity index (χ1n) is 8.61. The van der Waals surface area contributed by atoms with Crippen molar-refractivity contribution >= 4 is 40.9 Å². The fourth-order valence-electron chi connectivity index (χ4n) is 2.49. The van der Waals surface area contributed by atoms with Gasteiger partial charge in [0.2, 0.25) is 6.54 Å². The number of benzene rings is 2. The zero-order valence-corrected chi connectivity index (χ0v) is 16.4. The van der Waals surface area contributed by atoms with E-state index >= 15 is 0 Å². The molecule has 0 aliphatic carbocycles. The van der Waals surface area contributed by atoms with Gasteiger partial charge < -0.3 is 0 Å². The Morgan fingerprint density at radius 1 is 0.964 bits per heavy atom. The molecule has 3 aromatic rings. The number of hydrogen-bond acceptors (Lipinski definition) is 2. The van der Waals surface area contributed by atoms with Crippen molar-refractivity contribution < 1.29 is 9.36 Å². The number of nitrogens with one attached hydrogen (secondary N) is 1. The zero-order chi connectivity index (χ0) is 19.8. The van der Waals surface area contributed by atoms with Crippen LogP contribution < -0.4 is 9.99 Å². The van der Waals surface area contributed by atoms with Crippen LogP contribution in [0.4, 0.5) is 0 Å². The van der Waals surface area contributed by atoms with Gasteiger partial charge in [0.05, 0.1) is 15.8 Å². The van der Waals surface area contributed by atoms with Crippen LogP contribution in [-0.4, -0.2) is 11.6 Å². The summed E-state index contributed by atoms with van der Waals surface area (Å²) in [6.45, 7) is 0.177. The second kappa shape index (κ2) is 9.83. The number of halogens is 2. The summed E-state index contributed by atoms with van der Waals surface area (Å²) in [4.78, 5) is 12.2. The highest BCUT2D eigenvalue weighted by molar-refractivity contribution is 6.43. The molecule has 4 nitrogen and oxygen atoms in total. The quantitative estimate of drug-likeness (QED) is 0.362. The van der Waals surface area contributed by atoms with Crippen LogP contribution in [0.3, 0.4) is 0 Å². The summed E-state index contributed by atoms with van der Waals surface area (Å²) >= 11 is 12.3. The minimum atomic E-state index is -0.223. The second-order valence-electron chi connectivity index (χ2n) is 5.92. The molecule has 1 amide bonds. The van der Waals surface area contributed by atoms with E-state index < -0.39 is 0 Å². The molecule has 0 atom stereocenters. The predicted octanol–water partition coefficient (Wildman–Crippen LogP) is 4.51. The van der Waals surface area contributed by atoms with Crippen LogP contribution in [0.1, 0.15) is 11.1 Å². The van der Waals surface area contributed by atoms with Crippen LogP contribution in [0.15, 0.2) is 90.3 Å². The zero-order valence-electron chi connectivity index (χ0n) is 14.9. The smallest absolute Gasteiger partial charge is 0.266 e. The maximum atomic E-state index is 12.2. The molecule has 1 heterocycles. The third kappa shape index (κ3) is 5.52. The fourth-order valence-corrected chi connectivity index (χ4v) is 2.86. The number of aromatic nitrogens is 1. The summed E-state index contributed by atoms with van der Waals surface area (Å²) in [5.41, 5.74) is 4.84. The van der Waals surface area contributed by atoms with Crippen LogP contribution in [-0.2, 0) is 11.3 Å². The van der Waals surface area contributed by atoms with Crippen LogP contribution in [0.25, 0.3) is 6.08 Å². The average molecular weight is 411 g/mol. The second-order valence-corrected chi connectivity index (χ2v) is 6.71. The molecule has 140 valence electrons. The number of rotatable bonds is 6. The number of carbonyl (C=O) groups excluding carboxylic acids is 1. The molecule has 0 spiro atoms. The van der Waals surface area contributed by atoms with Gasteiger partial charge in [0, 0.05) is 17.7 Å². The van der Waals surface area contributed by atoms with E-state index in [2.05, 4.69) is 10.5 Å². The molecule has 0 saturated heterocycles. The van der Waals surface area contributed by atoms with E-state index in [9.17, 15) is 4.79 Å². The Balaban J connectivity index is 1.81. The van der Waals surface area contributed by atoms with E-state index in [4.69, 9.17) is 23.2 Å². The topological polar surface area (TPSA) is 45.3 Å². The SMILES string of the molecule is O=C(C[n+]1ccccc1)N/N=C(/C=C/c1cccc(Cl)c1Cl)c1ccccc1. The highest BCUT2D eigenvalue weighted by atomic mass is 35.5. The molecular weight excluding hydrogens is 393 g/mol. The first-order valence-corrected chi connectivity index (χ1v) is 9.37. The van der Waals surface area contributed by atoms with Gasteiger partial charge in [0.25, 0.3) is 0 Å². The largest absolute Gasteiger partial charge is 0.305 e. The van der Waals surface area contributed by atoms with E-state index in [-0.39, 0.29) is 12.5 Å². The van der Waals surface area contributed by atoms with Crippen molar-refractivity contribution in [3.05, 3.63) is 106 Å². The summed E-state index contributed by atoms with van der Waals surface area (Å²) in [6.07, 6.45) is 7.26. The van der Waals surface area contributed by atoms with Crippen LogP contribution >= 0.6 is 23.2 Å². The fraction of sp³-hybridized carbons (Fsp3) is 0.0455. The summed E-state index contributed by atoms with van der Waals surface area (Å²) < 4.78 is 1.77. The molecule has 1 aromatic heterocycles. The lowest BCUT2D eigenvalue weighted by Gasteiger charge is -2.04. The number of pyridine rings is 1. The van der Waals surface area contributed by atoms with Crippen molar-refractivity contribution in [1.29, 1.82) is 0 Å². The lowest BCUT2D eigenvalue weighted by atomic mass is 10.1. The molecule has 6 heteroatoms. The normalized spacial score (nSPS) is 11.6. The molecular formula is C22H18Cl2N3O+. The number of hydrogen-bond donors (Lipinski definition) is 1. The van der Waals surface area contributed by atoms with Gasteiger partial charge in [-0.3, -0.25) is 4.79 Å². The number of allylic oxidation sites excluding steroid dienone is 1. The number of hydrazone groups is 1. The van der Waals surface area contributed by atoms with Crippen LogP contribution in [0.5, 0.6) is 0 Å². The third-order valence-electron chi connectivity index (χ3n) is 3.88. The Bertz CT molecular complexity index is 1000. The minimum Gasteiger partial charge on any atom is -0.266 e. The van der Waals surface area contributed by atoms with Gasteiger partial charge in [-0.2, -0.15) is 9.67 Å². The monoisotopic (exact) mass is 410 g/mol. The Morgan fingerprint density at radius 2 is 1.68 bits per heavy atom. The van der Waals surface area contributed by atoms with E-state index in [1.165, 1.54) is 0 Å². The first kappa shape index (κ1) is 19.8. The molecule has 28 heavy (non-hydrogen) atoms. The molecule has 0 saturated carbocycles. The summed E-state index contributed by atoms with van der Waals surface area (Å²) in [7, 11) is 0. The highest BCUT2D eigenvalue weighted by Crippen LogP contribution is 2.26. The van der Waals surface area contributed by atoms with Crippen molar-refractivity contribution in [1.82, 2.24) is 5.43 Å². The molecule has 0 radical (unpaired) electrons. The van der Waals surface area contributed by atoms with Gasteiger partial charge in [-0.15, -0.1) is 0 Å². The van der Waals surface area contributed by atoms with Gasteiger partial charge in [-0.1, -0.05) is 77.8 Å². The molecule has 0 bridgehead atoms. The lowest BCUT2D eigenvalue weighted by Crippen LogP contribution is -2.41. The van der Waals surface area contributed by atoms with Crippen molar-refractivity contribution in [2.24, 2.45) is 5.10 Å². The molecule has 0 fully saturated rings. The van der Waals surface area contributed by atoms with Gasteiger partial charge in [-0.25, -0.2) is 5.43 Å². The van der Waals surface area contributed by atoms with Crippen molar-refractivity contribution in [3.63, 3.8) is 0 Å². The third-order valence-corrected chi connectivity index (χ3v) is 4.71. The van der Waals surface area contributed by atoms with E-state index in [1.54, 1.807) is 16.7 Å². The van der Waals surface area contributed by atoms with Gasteiger partial charge in [-0.05, 0) is 17.7 Å².